The molecule has 0 aliphatic heterocycles. The molecule has 0 bridgehead atoms. The lowest BCUT2D eigenvalue weighted by Gasteiger charge is -2.16. The average molecular weight is 637 g/mol. The van der Waals surface area contributed by atoms with Gasteiger partial charge in [-0.25, -0.2) is 0 Å². The summed E-state index contributed by atoms with van der Waals surface area (Å²) in [6.07, 6.45) is 9.61. The Hall–Kier alpha value is -2.08. The van der Waals surface area contributed by atoms with Gasteiger partial charge in [-0.05, 0) is 113 Å². The van der Waals surface area contributed by atoms with Gasteiger partial charge in [-0.3, -0.25) is 0 Å². The molecule has 0 unspecified atom stereocenters. The largest absolute Gasteiger partial charge is 0.493 e. The van der Waals surface area contributed by atoms with E-state index in [1.165, 1.54) is 112 Å². The van der Waals surface area contributed by atoms with Gasteiger partial charge in [-0.2, -0.15) is 0 Å². The maximum Gasteiger partial charge on any atom is 0.131 e. The van der Waals surface area contributed by atoms with Gasteiger partial charge in [0.25, 0.3) is 0 Å². The fourth-order valence-electron chi connectivity index (χ4n) is 5.60. The Labute approximate surface area is 273 Å². The number of rotatable bonds is 15. The van der Waals surface area contributed by atoms with E-state index in [-0.39, 0.29) is 0 Å². The highest BCUT2D eigenvalue weighted by molar-refractivity contribution is 7.27. The zero-order valence-electron chi connectivity index (χ0n) is 28.3. The molecule has 0 amide bonds. The smallest absolute Gasteiger partial charge is 0.131 e. The maximum absolute atomic E-state index is 6.55. The molecule has 0 fully saturated rings. The summed E-state index contributed by atoms with van der Waals surface area (Å²) in [5.41, 5.74) is 10.8. The first-order chi connectivity index (χ1) is 20.6. The number of thiophene rings is 3. The Kier molecular flexibility index (Phi) is 12.0. The third kappa shape index (κ3) is 7.43. The van der Waals surface area contributed by atoms with E-state index in [0.29, 0.717) is 0 Å². The number of ether oxygens (including phenoxy) is 2. The summed E-state index contributed by atoms with van der Waals surface area (Å²) in [5, 5.41) is 0. The second-order valence-electron chi connectivity index (χ2n) is 12.2. The summed E-state index contributed by atoms with van der Waals surface area (Å²) in [7, 11) is 0. The second kappa shape index (κ2) is 15.3. The van der Waals surface area contributed by atoms with Crippen LogP contribution in [-0.2, 0) is 0 Å². The summed E-state index contributed by atoms with van der Waals surface area (Å²) >= 11 is 5.85. The van der Waals surface area contributed by atoms with Crippen molar-refractivity contribution in [3.05, 3.63) is 56.0 Å². The van der Waals surface area contributed by atoms with Gasteiger partial charge in [0.1, 0.15) is 11.5 Å². The van der Waals surface area contributed by atoms with E-state index < -0.39 is 0 Å². The molecule has 0 radical (unpaired) electrons. The summed E-state index contributed by atoms with van der Waals surface area (Å²) in [4.78, 5) is 8.44. The van der Waals surface area contributed by atoms with E-state index in [1.54, 1.807) is 0 Å². The van der Waals surface area contributed by atoms with Crippen LogP contribution in [0.3, 0.4) is 0 Å². The van der Waals surface area contributed by atoms with Crippen molar-refractivity contribution >= 4 is 34.0 Å². The van der Waals surface area contributed by atoms with Gasteiger partial charge in [-0.1, -0.05) is 52.4 Å². The first-order valence-corrected chi connectivity index (χ1v) is 18.7. The van der Waals surface area contributed by atoms with E-state index in [1.807, 2.05) is 34.0 Å². The highest BCUT2D eigenvalue weighted by Gasteiger charge is 2.24. The van der Waals surface area contributed by atoms with Crippen LogP contribution in [0.1, 0.15) is 109 Å². The third-order valence-electron chi connectivity index (χ3n) is 9.03. The lowest BCUT2D eigenvalue weighted by atomic mass is 10.0. The van der Waals surface area contributed by atoms with Crippen molar-refractivity contribution in [1.82, 2.24) is 0 Å². The molecule has 1 aromatic carbocycles. The Balaban J connectivity index is 1.73. The van der Waals surface area contributed by atoms with Crippen molar-refractivity contribution in [3.63, 3.8) is 0 Å². The van der Waals surface area contributed by atoms with E-state index in [0.717, 1.165) is 37.6 Å². The third-order valence-corrected chi connectivity index (χ3v) is 13.5. The molecule has 0 aliphatic carbocycles. The van der Waals surface area contributed by atoms with Crippen LogP contribution in [0.2, 0.25) is 0 Å². The number of hydrogen-bond donors (Lipinski definition) is 0. The first-order valence-electron chi connectivity index (χ1n) is 16.3. The molecule has 2 nitrogen and oxygen atoms in total. The van der Waals surface area contributed by atoms with Crippen LogP contribution in [0.4, 0.5) is 0 Å². The van der Waals surface area contributed by atoms with Crippen molar-refractivity contribution in [1.29, 1.82) is 0 Å². The molecular formula is C38H52O2S3. The topological polar surface area (TPSA) is 18.5 Å². The molecule has 3 aromatic heterocycles. The summed E-state index contributed by atoms with van der Waals surface area (Å²) in [6.45, 7) is 24.2. The standard InChI is InChI=1S/C38H52O2S3/c1-11-13-15-17-19-39-32-22-33(40-20-18-16-14-12-2)31(21-23(32)3)34-26(6)27(7)37(42-34)38-29(9)28(8)36(43-38)35-25(5)24(4)30(10)41-35/h21-22H,11-20H2,1-10H3. The van der Waals surface area contributed by atoms with Crippen LogP contribution in [0, 0.1) is 55.4 Å². The van der Waals surface area contributed by atoms with Crippen LogP contribution >= 0.6 is 34.0 Å². The van der Waals surface area contributed by atoms with Crippen LogP contribution < -0.4 is 9.47 Å². The monoisotopic (exact) mass is 636 g/mol. The van der Waals surface area contributed by atoms with Gasteiger partial charge in [0.15, 0.2) is 0 Å². The van der Waals surface area contributed by atoms with Gasteiger partial charge in [0, 0.05) is 40.9 Å². The van der Waals surface area contributed by atoms with Crippen LogP contribution in [0.15, 0.2) is 12.1 Å². The van der Waals surface area contributed by atoms with Gasteiger partial charge < -0.3 is 9.47 Å². The normalized spacial score (nSPS) is 11.5. The van der Waals surface area contributed by atoms with Crippen LogP contribution in [0.5, 0.6) is 11.5 Å². The highest BCUT2D eigenvalue weighted by Crippen LogP contribution is 2.52. The molecule has 0 spiro atoms. The van der Waals surface area contributed by atoms with E-state index >= 15 is 0 Å². The molecule has 4 rings (SSSR count). The molecule has 234 valence electrons. The molecule has 0 atom stereocenters. The molecule has 0 saturated heterocycles. The predicted molar refractivity (Wildman–Crippen MR) is 194 cm³/mol. The van der Waals surface area contributed by atoms with Gasteiger partial charge in [0.05, 0.1) is 13.2 Å². The van der Waals surface area contributed by atoms with Crippen molar-refractivity contribution in [2.75, 3.05) is 13.2 Å². The molecule has 0 aliphatic rings. The second-order valence-corrected chi connectivity index (χ2v) is 15.5. The number of hydrogen-bond acceptors (Lipinski definition) is 5. The summed E-state index contributed by atoms with van der Waals surface area (Å²) in [6, 6.07) is 4.48. The molecule has 4 aromatic rings. The quantitative estimate of drug-likeness (QED) is 0.121. The fourth-order valence-corrected chi connectivity index (χ4v) is 9.90. The molecule has 0 N–H and O–H groups in total. The fraction of sp³-hybridized carbons (Fsp3) is 0.526. The van der Waals surface area contributed by atoms with Crippen LogP contribution in [-0.4, -0.2) is 13.2 Å². The SMILES string of the molecule is CCCCCCOc1cc(OCCCCCC)c(-c2sc(-c3sc(-c4sc(C)c(C)c4C)c(C)c3C)c(C)c2C)cc1C. The summed E-state index contributed by atoms with van der Waals surface area (Å²) < 4.78 is 12.9. The Morgan fingerprint density at radius 2 is 0.907 bits per heavy atom. The summed E-state index contributed by atoms with van der Waals surface area (Å²) in [5.74, 6) is 1.92. The molecule has 0 saturated carbocycles. The Morgan fingerprint density at radius 1 is 0.465 bits per heavy atom. The van der Waals surface area contributed by atoms with Crippen LogP contribution in [0.25, 0.3) is 29.9 Å². The predicted octanol–water partition coefficient (Wildman–Crippen LogP) is 13.3. The molecule has 5 heteroatoms. The number of benzene rings is 1. The van der Waals surface area contributed by atoms with E-state index in [2.05, 4.69) is 81.4 Å². The van der Waals surface area contributed by atoms with E-state index in [9.17, 15) is 0 Å². The minimum absolute atomic E-state index is 0.744. The van der Waals surface area contributed by atoms with Gasteiger partial charge >= 0.3 is 0 Å². The first kappa shape index (κ1) is 33.8. The van der Waals surface area contributed by atoms with Gasteiger partial charge in [-0.15, -0.1) is 34.0 Å². The number of unbranched alkanes of at least 4 members (excludes halogenated alkanes) is 6. The Bertz CT molecular complexity index is 1530. The van der Waals surface area contributed by atoms with Crippen molar-refractivity contribution < 1.29 is 9.47 Å². The van der Waals surface area contributed by atoms with Crippen molar-refractivity contribution in [2.24, 2.45) is 0 Å². The molecule has 3 heterocycles. The number of aryl methyl sites for hydroxylation is 2. The minimum atomic E-state index is 0.744. The average Bonchev–Trinajstić information content (AvgIpc) is 3.54. The molecule has 43 heavy (non-hydrogen) atoms. The lowest BCUT2D eigenvalue weighted by molar-refractivity contribution is 0.290. The molecular weight excluding hydrogens is 585 g/mol. The van der Waals surface area contributed by atoms with E-state index in [4.69, 9.17) is 9.47 Å². The van der Waals surface area contributed by atoms with Gasteiger partial charge in [0.2, 0.25) is 0 Å². The lowest BCUT2D eigenvalue weighted by Crippen LogP contribution is -2.03. The van der Waals surface area contributed by atoms with Crippen molar-refractivity contribution in [3.8, 4) is 41.4 Å². The Morgan fingerprint density at radius 3 is 1.40 bits per heavy atom. The highest BCUT2D eigenvalue weighted by atomic mass is 32.1. The van der Waals surface area contributed by atoms with Crippen molar-refractivity contribution in [2.45, 2.75) is 121 Å². The zero-order chi connectivity index (χ0) is 31.3. The maximum atomic E-state index is 6.55. The minimum Gasteiger partial charge on any atom is -0.493 e. The zero-order valence-corrected chi connectivity index (χ0v) is 30.7.